The van der Waals surface area contributed by atoms with E-state index >= 15 is 0 Å². The molecule has 19 heavy (non-hydrogen) atoms. The van der Waals surface area contributed by atoms with Gasteiger partial charge in [0.05, 0.1) is 6.10 Å². The Labute approximate surface area is 118 Å². The Balaban J connectivity index is 2.17. The second-order valence-electron chi connectivity index (χ2n) is 5.13. The highest BCUT2D eigenvalue weighted by atomic mass is 16.5. The Bertz CT molecular complexity index is 312. The van der Waals surface area contributed by atoms with E-state index in [-0.39, 0.29) is 0 Å². The van der Waals surface area contributed by atoms with Gasteiger partial charge in [0.15, 0.2) is 0 Å². The highest BCUT2D eigenvalue weighted by Gasteiger charge is 2.14. The second kappa shape index (κ2) is 9.99. The van der Waals surface area contributed by atoms with E-state index in [9.17, 15) is 0 Å². The lowest BCUT2D eigenvalue weighted by atomic mass is 10.1. The van der Waals surface area contributed by atoms with Crippen LogP contribution < -0.4 is 5.32 Å². The molecule has 2 atom stereocenters. The van der Waals surface area contributed by atoms with Crippen LogP contribution in [0.5, 0.6) is 0 Å². The van der Waals surface area contributed by atoms with Crippen LogP contribution in [-0.2, 0) is 11.2 Å². The minimum absolute atomic E-state index is 0.298. The van der Waals surface area contributed by atoms with Gasteiger partial charge in [0.1, 0.15) is 0 Å². The number of ether oxygens (including phenoxy) is 1. The summed E-state index contributed by atoms with van der Waals surface area (Å²) in [7, 11) is 0. The molecule has 108 valence electrons. The third-order valence-corrected chi connectivity index (χ3v) is 3.50. The summed E-state index contributed by atoms with van der Waals surface area (Å²) >= 11 is 0. The molecule has 1 rings (SSSR count). The lowest BCUT2D eigenvalue weighted by Crippen LogP contribution is -2.39. The third kappa shape index (κ3) is 6.74. The molecule has 0 aliphatic heterocycles. The molecule has 0 bridgehead atoms. The molecule has 0 radical (unpaired) electrons. The lowest BCUT2D eigenvalue weighted by molar-refractivity contribution is 0.0366. The number of hydrogen-bond donors (Lipinski definition) is 1. The molecular formula is C17H29NO. The zero-order chi connectivity index (χ0) is 13.9. The van der Waals surface area contributed by atoms with E-state index in [1.165, 1.54) is 12.0 Å². The summed E-state index contributed by atoms with van der Waals surface area (Å²) in [6, 6.07) is 11.1. The summed E-state index contributed by atoms with van der Waals surface area (Å²) in [4.78, 5) is 0. The van der Waals surface area contributed by atoms with Gasteiger partial charge in [0.2, 0.25) is 0 Å². The first-order valence-electron chi connectivity index (χ1n) is 7.66. The van der Waals surface area contributed by atoms with Crippen molar-refractivity contribution in [3.63, 3.8) is 0 Å². The first-order valence-corrected chi connectivity index (χ1v) is 7.66. The van der Waals surface area contributed by atoms with Crippen molar-refractivity contribution in [2.24, 2.45) is 0 Å². The van der Waals surface area contributed by atoms with Crippen molar-refractivity contribution in [2.45, 2.75) is 58.6 Å². The minimum Gasteiger partial charge on any atom is -0.377 e. The molecule has 2 nitrogen and oxygen atoms in total. The Morgan fingerprint density at radius 1 is 1.16 bits per heavy atom. The minimum atomic E-state index is 0.298. The predicted molar refractivity (Wildman–Crippen MR) is 82.5 cm³/mol. The van der Waals surface area contributed by atoms with Gasteiger partial charge < -0.3 is 10.1 Å². The van der Waals surface area contributed by atoms with Gasteiger partial charge in [-0.3, -0.25) is 0 Å². The summed E-state index contributed by atoms with van der Waals surface area (Å²) in [5, 5.41) is 3.55. The highest BCUT2D eigenvalue weighted by molar-refractivity contribution is 5.14. The maximum absolute atomic E-state index is 5.95. The summed E-state index contributed by atoms with van der Waals surface area (Å²) in [6.45, 7) is 8.53. The van der Waals surface area contributed by atoms with E-state index in [2.05, 4.69) is 56.4 Å². The Morgan fingerprint density at radius 3 is 2.53 bits per heavy atom. The van der Waals surface area contributed by atoms with E-state index in [0.717, 1.165) is 32.4 Å². The fourth-order valence-corrected chi connectivity index (χ4v) is 2.28. The molecule has 0 fully saturated rings. The van der Waals surface area contributed by atoms with Crippen molar-refractivity contribution in [1.29, 1.82) is 0 Å². The van der Waals surface area contributed by atoms with Crippen molar-refractivity contribution in [1.82, 2.24) is 5.32 Å². The third-order valence-electron chi connectivity index (χ3n) is 3.50. The lowest BCUT2D eigenvalue weighted by Gasteiger charge is -2.24. The van der Waals surface area contributed by atoms with Crippen molar-refractivity contribution in [3.05, 3.63) is 35.9 Å². The smallest absolute Gasteiger partial charge is 0.0699 e. The van der Waals surface area contributed by atoms with Gasteiger partial charge in [-0.25, -0.2) is 0 Å². The van der Waals surface area contributed by atoms with Gasteiger partial charge in [-0.05, 0) is 44.7 Å². The average Bonchev–Trinajstić information content (AvgIpc) is 2.45. The number of hydrogen-bond acceptors (Lipinski definition) is 2. The normalized spacial score (nSPS) is 14.3. The zero-order valence-electron chi connectivity index (χ0n) is 12.7. The van der Waals surface area contributed by atoms with Crippen LogP contribution in [-0.4, -0.2) is 25.3 Å². The summed E-state index contributed by atoms with van der Waals surface area (Å²) in [5.41, 5.74) is 1.40. The van der Waals surface area contributed by atoms with Crippen LogP contribution in [0.3, 0.4) is 0 Å². The molecule has 0 saturated heterocycles. The van der Waals surface area contributed by atoms with Crippen LogP contribution in [0.4, 0.5) is 0 Å². The molecule has 1 aromatic carbocycles. The first kappa shape index (κ1) is 16.2. The fourth-order valence-electron chi connectivity index (χ4n) is 2.28. The molecule has 1 aromatic rings. The topological polar surface area (TPSA) is 21.3 Å². The van der Waals surface area contributed by atoms with E-state index < -0.39 is 0 Å². The van der Waals surface area contributed by atoms with Crippen LogP contribution in [0.2, 0.25) is 0 Å². The van der Waals surface area contributed by atoms with Gasteiger partial charge in [0.25, 0.3) is 0 Å². The maximum Gasteiger partial charge on any atom is 0.0699 e. The van der Waals surface area contributed by atoms with E-state index in [0.29, 0.717) is 12.1 Å². The van der Waals surface area contributed by atoms with Gasteiger partial charge in [-0.15, -0.1) is 0 Å². The monoisotopic (exact) mass is 263 g/mol. The molecule has 0 amide bonds. The maximum atomic E-state index is 5.95. The van der Waals surface area contributed by atoms with Crippen LogP contribution in [0, 0.1) is 0 Å². The molecule has 0 aliphatic rings. The SMILES string of the molecule is CCCNC(CC)C(C)OCCCc1ccccc1. The van der Waals surface area contributed by atoms with Crippen LogP contribution in [0.15, 0.2) is 30.3 Å². The average molecular weight is 263 g/mol. The summed E-state index contributed by atoms with van der Waals surface area (Å²) in [6.07, 6.45) is 4.80. The molecule has 0 aromatic heterocycles. The molecule has 0 aliphatic carbocycles. The largest absolute Gasteiger partial charge is 0.377 e. The summed E-state index contributed by atoms with van der Waals surface area (Å²) in [5.74, 6) is 0. The van der Waals surface area contributed by atoms with Crippen molar-refractivity contribution >= 4 is 0 Å². The predicted octanol–water partition coefficient (Wildman–Crippen LogP) is 3.80. The van der Waals surface area contributed by atoms with Crippen LogP contribution >= 0.6 is 0 Å². The standard InChI is InChI=1S/C17H29NO/c1-4-13-18-17(5-2)15(3)19-14-9-12-16-10-7-6-8-11-16/h6-8,10-11,15,17-18H,4-5,9,12-14H2,1-3H3. The first-order chi connectivity index (χ1) is 9.27. The molecule has 2 unspecified atom stereocenters. The summed E-state index contributed by atoms with van der Waals surface area (Å²) < 4.78 is 5.95. The Kier molecular flexibility index (Phi) is 8.52. The number of rotatable bonds is 10. The van der Waals surface area contributed by atoms with Crippen LogP contribution in [0.25, 0.3) is 0 Å². The van der Waals surface area contributed by atoms with E-state index in [1.807, 2.05) is 0 Å². The van der Waals surface area contributed by atoms with Crippen LogP contribution in [0.1, 0.15) is 45.6 Å². The molecule has 0 heterocycles. The van der Waals surface area contributed by atoms with Gasteiger partial charge in [-0.2, -0.15) is 0 Å². The van der Waals surface area contributed by atoms with Gasteiger partial charge in [0, 0.05) is 12.6 Å². The molecule has 1 N–H and O–H groups in total. The Morgan fingerprint density at radius 2 is 1.89 bits per heavy atom. The quantitative estimate of drug-likeness (QED) is 0.648. The highest BCUT2D eigenvalue weighted by Crippen LogP contribution is 2.06. The fraction of sp³-hybridized carbons (Fsp3) is 0.647. The Hall–Kier alpha value is -0.860. The molecular weight excluding hydrogens is 234 g/mol. The molecule has 2 heteroatoms. The van der Waals surface area contributed by atoms with Gasteiger partial charge in [-0.1, -0.05) is 44.2 Å². The number of nitrogens with one attached hydrogen (secondary N) is 1. The zero-order valence-corrected chi connectivity index (χ0v) is 12.7. The van der Waals surface area contributed by atoms with Crippen molar-refractivity contribution in [3.8, 4) is 0 Å². The van der Waals surface area contributed by atoms with E-state index in [4.69, 9.17) is 4.74 Å². The van der Waals surface area contributed by atoms with Crippen molar-refractivity contribution in [2.75, 3.05) is 13.2 Å². The second-order valence-corrected chi connectivity index (χ2v) is 5.13. The number of aryl methyl sites for hydroxylation is 1. The van der Waals surface area contributed by atoms with E-state index in [1.54, 1.807) is 0 Å². The van der Waals surface area contributed by atoms with Crippen molar-refractivity contribution < 1.29 is 4.74 Å². The number of benzene rings is 1. The molecule has 0 saturated carbocycles. The van der Waals surface area contributed by atoms with Gasteiger partial charge >= 0.3 is 0 Å². The molecule has 0 spiro atoms.